The number of carboxylic acids is 1. The minimum Gasteiger partial charge on any atom is -0.478 e. The number of sulfonamides is 1. The van der Waals surface area contributed by atoms with E-state index in [1.165, 1.54) is 21.1 Å². The van der Waals surface area contributed by atoms with Gasteiger partial charge in [0.25, 0.3) is 10.0 Å². The highest BCUT2D eigenvalue weighted by atomic mass is 32.2. The van der Waals surface area contributed by atoms with Crippen molar-refractivity contribution in [1.29, 1.82) is 0 Å². The van der Waals surface area contributed by atoms with Gasteiger partial charge in [0.2, 0.25) is 0 Å². The van der Waals surface area contributed by atoms with Gasteiger partial charge in [-0.05, 0) is 37.0 Å². The van der Waals surface area contributed by atoms with E-state index in [0.717, 1.165) is 24.1 Å². The number of benzene rings is 1. The Labute approximate surface area is 139 Å². The SMILES string of the molecule is Cn1nc(C2CC2)cc1S(=O)(=O)N1CCc2ccc(C(=O)O)cc21. The van der Waals surface area contributed by atoms with Gasteiger partial charge in [-0.15, -0.1) is 0 Å². The minimum absolute atomic E-state index is 0.0829. The molecule has 0 spiro atoms. The van der Waals surface area contributed by atoms with E-state index in [1.807, 2.05) is 0 Å². The van der Waals surface area contributed by atoms with Crippen molar-refractivity contribution in [2.75, 3.05) is 10.8 Å². The highest BCUT2D eigenvalue weighted by Crippen LogP contribution is 2.40. The fourth-order valence-electron chi connectivity index (χ4n) is 3.14. The molecule has 2 aliphatic rings. The van der Waals surface area contributed by atoms with Crippen molar-refractivity contribution in [2.24, 2.45) is 7.05 Å². The maximum atomic E-state index is 13.1. The number of fused-ring (bicyclic) bond motifs is 1. The van der Waals surface area contributed by atoms with Gasteiger partial charge in [0, 0.05) is 25.6 Å². The monoisotopic (exact) mass is 347 g/mol. The van der Waals surface area contributed by atoms with Crippen LogP contribution < -0.4 is 4.31 Å². The Morgan fingerprint density at radius 2 is 2.04 bits per heavy atom. The Bertz CT molecular complexity index is 944. The maximum Gasteiger partial charge on any atom is 0.335 e. The van der Waals surface area contributed by atoms with E-state index in [9.17, 15) is 13.2 Å². The highest BCUT2D eigenvalue weighted by molar-refractivity contribution is 7.92. The lowest BCUT2D eigenvalue weighted by atomic mass is 10.1. The zero-order valence-electron chi connectivity index (χ0n) is 13.1. The van der Waals surface area contributed by atoms with Crippen LogP contribution in [0.2, 0.25) is 0 Å². The lowest BCUT2D eigenvalue weighted by Gasteiger charge is -2.19. The van der Waals surface area contributed by atoms with Gasteiger partial charge in [-0.3, -0.25) is 8.99 Å². The molecule has 1 N–H and O–H groups in total. The van der Waals surface area contributed by atoms with E-state index in [4.69, 9.17) is 5.11 Å². The van der Waals surface area contributed by atoms with Gasteiger partial charge < -0.3 is 5.11 Å². The summed E-state index contributed by atoms with van der Waals surface area (Å²) in [5.41, 5.74) is 2.19. The molecule has 7 nitrogen and oxygen atoms in total. The molecule has 1 aromatic carbocycles. The molecule has 24 heavy (non-hydrogen) atoms. The fourth-order valence-corrected chi connectivity index (χ4v) is 4.77. The normalized spacial score (nSPS) is 17.1. The molecule has 2 heterocycles. The summed E-state index contributed by atoms with van der Waals surface area (Å²) < 4.78 is 28.8. The van der Waals surface area contributed by atoms with Gasteiger partial charge in [0.1, 0.15) is 0 Å². The summed E-state index contributed by atoms with van der Waals surface area (Å²) in [6, 6.07) is 6.27. The molecule has 0 saturated heterocycles. The standard InChI is InChI=1S/C16H17N3O4S/c1-18-15(9-13(17-18)10-2-3-10)24(22,23)19-7-6-11-4-5-12(16(20)21)8-14(11)19/h4-5,8-10H,2-3,6-7H2,1H3,(H,20,21). The third-order valence-electron chi connectivity index (χ3n) is 4.59. The molecular weight excluding hydrogens is 330 g/mol. The summed E-state index contributed by atoms with van der Waals surface area (Å²) in [5.74, 6) is -0.705. The quantitative estimate of drug-likeness (QED) is 0.909. The highest BCUT2D eigenvalue weighted by Gasteiger charge is 2.35. The largest absolute Gasteiger partial charge is 0.478 e. The van der Waals surface area contributed by atoms with Gasteiger partial charge in [-0.2, -0.15) is 13.5 Å². The molecular formula is C16H17N3O4S. The van der Waals surface area contributed by atoms with E-state index < -0.39 is 16.0 Å². The molecule has 0 bridgehead atoms. The Kier molecular flexibility index (Phi) is 3.21. The van der Waals surface area contributed by atoms with Crippen LogP contribution in [0.3, 0.4) is 0 Å². The lowest BCUT2D eigenvalue weighted by Crippen LogP contribution is -2.30. The van der Waals surface area contributed by atoms with Crippen molar-refractivity contribution in [2.45, 2.75) is 30.2 Å². The second kappa shape index (κ2) is 5.07. The van der Waals surface area contributed by atoms with E-state index in [2.05, 4.69) is 5.10 Å². The summed E-state index contributed by atoms with van der Waals surface area (Å²) in [5, 5.41) is 13.6. The summed E-state index contributed by atoms with van der Waals surface area (Å²) in [7, 11) is -2.14. The zero-order valence-corrected chi connectivity index (χ0v) is 14.0. The predicted molar refractivity (Wildman–Crippen MR) is 86.8 cm³/mol. The van der Waals surface area contributed by atoms with Crippen LogP contribution in [-0.4, -0.2) is 35.8 Å². The topological polar surface area (TPSA) is 92.5 Å². The van der Waals surface area contributed by atoms with Crippen molar-refractivity contribution < 1.29 is 18.3 Å². The smallest absolute Gasteiger partial charge is 0.335 e. The molecule has 1 fully saturated rings. The number of aryl methyl sites for hydroxylation is 1. The first kappa shape index (κ1) is 15.2. The van der Waals surface area contributed by atoms with Crippen molar-refractivity contribution in [3.63, 3.8) is 0 Å². The molecule has 2 aromatic rings. The van der Waals surface area contributed by atoms with Crippen LogP contribution in [0.15, 0.2) is 29.3 Å². The van der Waals surface area contributed by atoms with E-state index in [1.54, 1.807) is 19.2 Å². The van der Waals surface area contributed by atoms with Crippen LogP contribution in [0.4, 0.5) is 5.69 Å². The van der Waals surface area contributed by atoms with Crippen LogP contribution in [-0.2, 0) is 23.5 Å². The number of anilines is 1. The van der Waals surface area contributed by atoms with Gasteiger partial charge in [0.05, 0.1) is 16.9 Å². The maximum absolute atomic E-state index is 13.1. The molecule has 4 rings (SSSR count). The second-order valence-corrected chi connectivity index (χ2v) is 8.09. The Hall–Kier alpha value is -2.35. The summed E-state index contributed by atoms with van der Waals surface area (Å²) in [6.45, 7) is 0.310. The Balaban J connectivity index is 1.77. The van der Waals surface area contributed by atoms with Gasteiger partial charge in [-0.25, -0.2) is 4.79 Å². The van der Waals surface area contributed by atoms with Crippen LogP contribution in [0.25, 0.3) is 0 Å². The van der Waals surface area contributed by atoms with E-state index in [-0.39, 0.29) is 10.6 Å². The van der Waals surface area contributed by atoms with Crippen LogP contribution >= 0.6 is 0 Å². The molecule has 1 aliphatic carbocycles. The molecule has 0 atom stereocenters. The van der Waals surface area contributed by atoms with Crippen molar-refractivity contribution >= 4 is 21.7 Å². The average molecular weight is 347 g/mol. The van der Waals surface area contributed by atoms with Crippen molar-refractivity contribution in [1.82, 2.24) is 9.78 Å². The summed E-state index contributed by atoms with van der Waals surface area (Å²) in [6.07, 6.45) is 2.66. The summed E-state index contributed by atoms with van der Waals surface area (Å²) >= 11 is 0. The number of aromatic carboxylic acids is 1. The first-order chi connectivity index (χ1) is 11.4. The van der Waals surface area contributed by atoms with Crippen LogP contribution in [0.1, 0.15) is 40.4 Å². The van der Waals surface area contributed by atoms with Crippen molar-refractivity contribution in [3.8, 4) is 0 Å². The van der Waals surface area contributed by atoms with Gasteiger partial charge in [-0.1, -0.05) is 6.07 Å². The van der Waals surface area contributed by atoms with Crippen LogP contribution in [0.5, 0.6) is 0 Å². The second-order valence-electron chi connectivity index (χ2n) is 6.28. The number of nitrogens with zero attached hydrogens (tertiary/aromatic N) is 3. The Morgan fingerprint density at radius 1 is 1.29 bits per heavy atom. The number of hydrogen-bond acceptors (Lipinski definition) is 4. The number of carboxylic acid groups (broad SMARTS) is 1. The fraction of sp³-hybridized carbons (Fsp3) is 0.375. The third-order valence-corrected chi connectivity index (χ3v) is 6.46. The molecule has 8 heteroatoms. The summed E-state index contributed by atoms with van der Waals surface area (Å²) in [4.78, 5) is 11.2. The average Bonchev–Trinajstić information content (AvgIpc) is 3.16. The molecule has 1 saturated carbocycles. The number of aromatic nitrogens is 2. The molecule has 1 aliphatic heterocycles. The molecule has 0 unspecified atom stereocenters. The number of rotatable bonds is 4. The predicted octanol–water partition coefficient (Wildman–Crippen LogP) is 1.75. The van der Waals surface area contributed by atoms with E-state index in [0.29, 0.717) is 24.6 Å². The van der Waals surface area contributed by atoms with E-state index >= 15 is 0 Å². The first-order valence-corrected chi connectivity index (χ1v) is 9.25. The number of hydrogen-bond donors (Lipinski definition) is 1. The lowest BCUT2D eigenvalue weighted by molar-refractivity contribution is 0.0697. The third kappa shape index (κ3) is 2.29. The van der Waals surface area contributed by atoms with Crippen LogP contribution in [0, 0.1) is 0 Å². The van der Waals surface area contributed by atoms with Crippen molar-refractivity contribution in [3.05, 3.63) is 41.1 Å². The molecule has 0 amide bonds. The zero-order chi connectivity index (χ0) is 17.1. The minimum atomic E-state index is -3.77. The molecule has 1 aromatic heterocycles. The van der Waals surface area contributed by atoms with Gasteiger partial charge in [0.15, 0.2) is 5.03 Å². The Morgan fingerprint density at radius 3 is 2.71 bits per heavy atom. The molecule has 126 valence electrons. The first-order valence-electron chi connectivity index (χ1n) is 7.81. The number of carbonyl (C=O) groups is 1. The molecule has 0 radical (unpaired) electrons. The van der Waals surface area contributed by atoms with Gasteiger partial charge >= 0.3 is 5.97 Å².